The fraction of sp³-hybridized carbons (Fsp3) is 0.120. The van der Waals surface area contributed by atoms with Crippen LogP contribution < -0.4 is 5.32 Å². The molecule has 0 bridgehead atoms. The summed E-state index contributed by atoms with van der Waals surface area (Å²) in [6, 6.07) is 23.5. The number of benzene rings is 3. The summed E-state index contributed by atoms with van der Waals surface area (Å²) in [5, 5.41) is 12.8. The van der Waals surface area contributed by atoms with Crippen LogP contribution in [-0.4, -0.2) is 23.8 Å². The number of fused-ring (bicyclic) bond motifs is 4. The van der Waals surface area contributed by atoms with E-state index in [1.807, 2.05) is 48.5 Å². The summed E-state index contributed by atoms with van der Waals surface area (Å²) in [4.78, 5) is 24.3. The fourth-order valence-electron chi connectivity index (χ4n) is 4.16. The van der Waals surface area contributed by atoms with E-state index in [4.69, 9.17) is 9.15 Å². The molecule has 154 valence electrons. The lowest BCUT2D eigenvalue weighted by molar-refractivity contribution is -0.140. The van der Waals surface area contributed by atoms with Crippen LogP contribution in [-0.2, 0) is 9.53 Å². The van der Waals surface area contributed by atoms with E-state index >= 15 is 0 Å². The standard InChI is InChI=1S/C25H19NO5/c27-24(28)23(22-13-15-7-1-6-12-21(15)31-22)26-25(29)30-14-20-18-10-4-2-8-16(18)17-9-3-5-11-19(17)20/h1-13,20,23H,14H2,(H,26,29)(H,27,28)/t23-/m1/s1. The van der Waals surface area contributed by atoms with Gasteiger partial charge in [0.15, 0.2) is 6.04 Å². The van der Waals surface area contributed by atoms with Crippen LogP contribution in [0.25, 0.3) is 22.1 Å². The number of amides is 1. The van der Waals surface area contributed by atoms with E-state index in [9.17, 15) is 14.7 Å². The lowest BCUT2D eigenvalue weighted by Crippen LogP contribution is -2.34. The van der Waals surface area contributed by atoms with Gasteiger partial charge >= 0.3 is 12.1 Å². The minimum atomic E-state index is -1.34. The normalized spacial score (nSPS) is 13.4. The molecule has 3 aromatic carbocycles. The van der Waals surface area contributed by atoms with Gasteiger partial charge in [-0.3, -0.25) is 0 Å². The van der Waals surface area contributed by atoms with Crippen molar-refractivity contribution in [2.75, 3.05) is 6.61 Å². The minimum Gasteiger partial charge on any atom is -0.479 e. The summed E-state index contributed by atoms with van der Waals surface area (Å²) in [5.74, 6) is -1.19. The first-order chi connectivity index (χ1) is 15.1. The number of carbonyl (C=O) groups is 2. The SMILES string of the molecule is O=C(N[C@@H](C(=O)O)c1cc2ccccc2o1)OCC1c2ccccc2-c2ccccc21. The van der Waals surface area contributed by atoms with Crippen molar-refractivity contribution in [3.05, 3.63) is 95.7 Å². The molecule has 0 aliphatic heterocycles. The van der Waals surface area contributed by atoms with Gasteiger partial charge in [0.2, 0.25) is 0 Å². The highest BCUT2D eigenvalue weighted by atomic mass is 16.5. The Morgan fingerprint density at radius 2 is 1.55 bits per heavy atom. The van der Waals surface area contributed by atoms with Crippen LogP contribution in [0.1, 0.15) is 28.8 Å². The average Bonchev–Trinajstić information content (AvgIpc) is 3.35. The van der Waals surface area contributed by atoms with Gasteiger partial charge in [0.05, 0.1) is 0 Å². The highest BCUT2D eigenvalue weighted by Crippen LogP contribution is 2.44. The first kappa shape index (κ1) is 18.9. The smallest absolute Gasteiger partial charge is 0.408 e. The van der Waals surface area contributed by atoms with Gasteiger partial charge in [0.1, 0.15) is 18.0 Å². The fourth-order valence-corrected chi connectivity index (χ4v) is 4.16. The molecule has 0 saturated carbocycles. The number of nitrogens with one attached hydrogen (secondary N) is 1. The van der Waals surface area contributed by atoms with Gasteiger partial charge in [0, 0.05) is 11.3 Å². The number of aliphatic carboxylic acids is 1. The second kappa shape index (κ2) is 7.65. The van der Waals surface area contributed by atoms with Crippen molar-refractivity contribution in [3.63, 3.8) is 0 Å². The van der Waals surface area contributed by atoms with Crippen LogP contribution in [0.5, 0.6) is 0 Å². The van der Waals surface area contributed by atoms with E-state index in [-0.39, 0.29) is 18.3 Å². The van der Waals surface area contributed by atoms with Crippen molar-refractivity contribution in [1.29, 1.82) is 0 Å². The van der Waals surface area contributed by atoms with Gasteiger partial charge < -0.3 is 19.6 Å². The molecule has 1 aliphatic carbocycles. The number of furan rings is 1. The van der Waals surface area contributed by atoms with E-state index in [2.05, 4.69) is 17.4 Å². The zero-order valence-corrected chi connectivity index (χ0v) is 16.4. The van der Waals surface area contributed by atoms with Crippen molar-refractivity contribution < 1.29 is 23.8 Å². The van der Waals surface area contributed by atoms with Crippen molar-refractivity contribution in [2.24, 2.45) is 0 Å². The summed E-state index contributed by atoms with van der Waals surface area (Å²) in [7, 11) is 0. The predicted molar refractivity (Wildman–Crippen MR) is 115 cm³/mol. The van der Waals surface area contributed by atoms with E-state index < -0.39 is 18.1 Å². The molecule has 6 heteroatoms. The number of para-hydroxylation sites is 1. The lowest BCUT2D eigenvalue weighted by Gasteiger charge is -2.16. The first-order valence-electron chi connectivity index (χ1n) is 9.94. The third-order valence-electron chi connectivity index (χ3n) is 5.58. The Balaban J connectivity index is 1.33. The molecule has 0 spiro atoms. The Morgan fingerprint density at radius 3 is 2.19 bits per heavy atom. The largest absolute Gasteiger partial charge is 0.479 e. The number of carbonyl (C=O) groups excluding carboxylic acids is 1. The van der Waals surface area contributed by atoms with E-state index in [1.54, 1.807) is 18.2 Å². The second-order valence-electron chi connectivity index (χ2n) is 7.43. The summed E-state index contributed by atoms with van der Waals surface area (Å²) in [6.45, 7) is 0.104. The third-order valence-corrected chi connectivity index (χ3v) is 5.58. The van der Waals surface area contributed by atoms with Crippen molar-refractivity contribution in [2.45, 2.75) is 12.0 Å². The van der Waals surface area contributed by atoms with Crippen LogP contribution in [0.15, 0.2) is 83.3 Å². The minimum absolute atomic E-state index is 0.104. The van der Waals surface area contributed by atoms with Gasteiger partial charge in [-0.25, -0.2) is 9.59 Å². The number of carboxylic acid groups (broad SMARTS) is 1. The quantitative estimate of drug-likeness (QED) is 0.475. The van der Waals surface area contributed by atoms with Crippen LogP contribution >= 0.6 is 0 Å². The van der Waals surface area contributed by atoms with Crippen LogP contribution in [0.3, 0.4) is 0 Å². The molecule has 1 aliphatic rings. The molecule has 6 nitrogen and oxygen atoms in total. The molecule has 1 heterocycles. The molecule has 0 unspecified atom stereocenters. The van der Waals surface area contributed by atoms with Crippen LogP contribution in [0, 0.1) is 0 Å². The number of ether oxygens (including phenoxy) is 1. The van der Waals surface area contributed by atoms with Crippen molar-refractivity contribution in [1.82, 2.24) is 5.32 Å². The van der Waals surface area contributed by atoms with Gasteiger partial charge in [-0.05, 0) is 34.4 Å². The van der Waals surface area contributed by atoms with Gasteiger partial charge in [-0.1, -0.05) is 66.7 Å². The molecular weight excluding hydrogens is 394 g/mol. The van der Waals surface area contributed by atoms with E-state index in [0.29, 0.717) is 5.58 Å². The van der Waals surface area contributed by atoms with Crippen LogP contribution in [0.2, 0.25) is 0 Å². The monoisotopic (exact) mass is 413 g/mol. The molecule has 2 N–H and O–H groups in total. The number of alkyl carbamates (subject to hydrolysis) is 1. The maximum Gasteiger partial charge on any atom is 0.408 e. The Morgan fingerprint density at radius 1 is 0.935 bits per heavy atom. The molecule has 0 saturated heterocycles. The third kappa shape index (κ3) is 3.42. The topological polar surface area (TPSA) is 88.8 Å². The van der Waals surface area contributed by atoms with Crippen molar-refractivity contribution in [3.8, 4) is 11.1 Å². The molecule has 0 fully saturated rings. The maximum absolute atomic E-state index is 12.5. The van der Waals surface area contributed by atoms with Crippen molar-refractivity contribution >= 4 is 23.0 Å². The summed E-state index contributed by atoms with van der Waals surface area (Å²) in [6.07, 6.45) is -0.810. The molecule has 1 aromatic heterocycles. The summed E-state index contributed by atoms with van der Waals surface area (Å²) < 4.78 is 11.1. The number of hydrogen-bond acceptors (Lipinski definition) is 4. The molecule has 31 heavy (non-hydrogen) atoms. The average molecular weight is 413 g/mol. The van der Waals surface area contributed by atoms with E-state index in [0.717, 1.165) is 27.6 Å². The molecule has 4 aromatic rings. The zero-order chi connectivity index (χ0) is 21.4. The number of carboxylic acids is 1. The zero-order valence-electron chi connectivity index (χ0n) is 16.4. The Kier molecular flexibility index (Phi) is 4.67. The second-order valence-corrected chi connectivity index (χ2v) is 7.43. The molecule has 1 atom stereocenters. The number of hydrogen-bond donors (Lipinski definition) is 2. The van der Waals surface area contributed by atoms with E-state index in [1.165, 1.54) is 0 Å². The Labute approximate surface area is 178 Å². The lowest BCUT2D eigenvalue weighted by atomic mass is 9.98. The van der Waals surface area contributed by atoms with Gasteiger partial charge in [-0.2, -0.15) is 0 Å². The Hall–Kier alpha value is -4.06. The molecule has 5 rings (SSSR count). The summed E-state index contributed by atoms with van der Waals surface area (Å²) in [5.41, 5.74) is 4.97. The maximum atomic E-state index is 12.5. The number of rotatable bonds is 5. The Bertz CT molecular complexity index is 1210. The first-order valence-corrected chi connectivity index (χ1v) is 9.94. The predicted octanol–water partition coefficient (Wildman–Crippen LogP) is 5.10. The molecule has 1 amide bonds. The van der Waals surface area contributed by atoms with Gasteiger partial charge in [0.25, 0.3) is 0 Å². The van der Waals surface area contributed by atoms with Gasteiger partial charge in [-0.15, -0.1) is 0 Å². The van der Waals surface area contributed by atoms with Crippen LogP contribution in [0.4, 0.5) is 4.79 Å². The highest BCUT2D eigenvalue weighted by Gasteiger charge is 2.30. The summed E-state index contributed by atoms with van der Waals surface area (Å²) >= 11 is 0. The molecular formula is C25H19NO5. The highest BCUT2D eigenvalue weighted by molar-refractivity contribution is 5.84. The molecule has 0 radical (unpaired) electrons.